The van der Waals surface area contributed by atoms with Crippen molar-refractivity contribution >= 4 is 21.9 Å². The van der Waals surface area contributed by atoms with E-state index in [1.807, 2.05) is 0 Å². The van der Waals surface area contributed by atoms with Crippen molar-refractivity contribution in [3.05, 3.63) is 0 Å². The van der Waals surface area contributed by atoms with Crippen LogP contribution in [0.4, 0.5) is 0 Å². The van der Waals surface area contributed by atoms with E-state index in [-0.39, 0.29) is 16.8 Å². The number of fused-ring (bicyclic) bond motifs is 1. The molecule has 0 aromatic carbocycles. The van der Waals surface area contributed by atoms with Gasteiger partial charge in [0.1, 0.15) is 6.10 Å². The topological polar surface area (TPSA) is 46.5 Å². The summed E-state index contributed by atoms with van der Waals surface area (Å²) in [5.41, 5.74) is -1.29. The molecule has 4 heteroatoms. The first kappa shape index (κ1) is 10.4. The van der Waals surface area contributed by atoms with E-state index in [0.29, 0.717) is 5.92 Å². The van der Waals surface area contributed by atoms with Crippen LogP contribution < -0.4 is 0 Å². The third kappa shape index (κ3) is 1.39. The van der Waals surface area contributed by atoms with Crippen LogP contribution in [0.1, 0.15) is 26.7 Å². The van der Waals surface area contributed by atoms with Gasteiger partial charge >= 0.3 is 5.97 Å². The summed E-state index contributed by atoms with van der Waals surface area (Å²) in [5, 5.41) is 10.00. The second-order valence-electron chi connectivity index (χ2n) is 4.72. The highest BCUT2D eigenvalue weighted by molar-refractivity contribution is 9.09. The fraction of sp³-hybridized carbons (Fsp3) is 0.900. The zero-order chi connectivity index (χ0) is 10.5. The zero-order valence-corrected chi connectivity index (χ0v) is 9.95. The van der Waals surface area contributed by atoms with E-state index in [2.05, 4.69) is 22.9 Å². The second kappa shape index (κ2) is 3.20. The van der Waals surface area contributed by atoms with E-state index in [9.17, 15) is 9.90 Å². The number of esters is 1. The average Bonchev–Trinajstić information content (AvgIpc) is 2.28. The number of halogens is 1. The molecule has 0 unspecified atom stereocenters. The second-order valence-corrected chi connectivity index (χ2v) is 5.89. The maximum Gasteiger partial charge on any atom is 0.338 e. The number of rotatable bonds is 0. The molecular formula is C10H15BrO3. The van der Waals surface area contributed by atoms with Gasteiger partial charge in [-0.3, -0.25) is 0 Å². The first-order valence-electron chi connectivity index (χ1n) is 5.00. The number of ether oxygens (including phenoxy) is 1. The molecule has 0 amide bonds. The molecule has 1 saturated carbocycles. The third-order valence-corrected chi connectivity index (χ3v) is 4.31. The van der Waals surface area contributed by atoms with Gasteiger partial charge in [-0.25, -0.2) is 4.79 Å². The van der Waals surface area contributed by atoms with Gasteiger partial charge in [-0.15, -0.1) is 0 Å². The number of aliphatic hydroxyl groups is 1. The first-order chi connectivity index (χ1) is 6.43. The molecule has 1 saturated heterocycles. The Kier molecular flexibility index (Phi) is 2.39. The Morgan fingerprint density at radius 3 is 2.86 bits per heavy atom. The lowest BCUT2D eigenvalue weighted by molar-refractivity contribution is -0.154. The summed E-state index contributed by atoms with van der Waals surface area (Å²) in [6.45, 7) is 3.71. The van der Waals surface area contributed by atoms with Gasteiger partial charge in [0.25, 0.3) is 0 Å². The SMILES string of the molecule is C[C@H]1C[C@@H](Br)[C@@H]2OC(=O)[C@](C)(O)[C@@H]2C1. The minimum atomic E-state index is -1.29. The van der Waals surface area contributed by atoms with E-state index < -0.39 is 11.6 Å². The van der Waals surface area contributed by atoms with E-state index in [0.717, 1.165) is 12.8 Å². The standard InChI is InChI=1S/C10H15BrO3/c1-5-3-6-8(7(11)4-5)14-9(12)10(6,2)13/h5-8,13H,3-4H2,1-2H3/t5-,6-,7-,8-,10-/m1/s1. The van der Waals surface area contributed by atoms with Crippen molar-refractivity contribution < 1.29 is 14.6 Å². The summed E-state index contributed by atoms with van der Waals surface area (Å²) in [5.74, 6) is 0.00998. The molecule has 0 spiro atoms. The Balaban J connectivity index is 2.26. The lowest BCUT2D eigenvalue weighted by Crippen LogP contribution is -2.44. The molecule has 0 bridgehead atoms. The highest BCUT2D eigenvalue weighted by atomic mass is 79.9. The molecule has 1 N–H and O–H groups in total. The molecule has 0 aromatic heterocycles. The van der Waals surface area contributed by atoms with Crippen LogP contribution in [-0.2, 0) is 9.53 Å². The third-order valence-electron chi connectivity index (χ3n) is 3.42. The van der Waals surface area contributed by atoms with Gasteiger partial charge in [0.2, 0.25) is 0 Å². The van der Waals surface area contributed by atoms with Crippen molar-refractivity contribution in [3.8, 4) is 0 Å². The highest BCUT2D eigenvalue weighted by Crippen LogP contribution is 2.45. The Morgan fingerprint density at radius 1 is 1.57 bits per heavy atom. The van der Waals surface area contributed by atoms with Crippen LogP contribution in [0.3, 0.4) is 0 Å². The molecule has 1 aliphatic heterocycles. The molecule has 0 radical (unpaired) electrons. The molecule has 1 aliphatic carbocycles. The maximum atomic E-state index is 11.4. The summed E-state index contributed by atoms with van der Waals surface area (Å²) in [6, 6.07) is 0. The minimum absolute atomic E-state index is 0.0527. The number of carbonyl (C=O) groups is 1. The van der Waals surface area contributed by atoms with Gasteiger partial charge in [-0.05, 0) is 25.7 Å². The number of hydrogen-bond acceptors (Lipinski definition) is 3. The minimum Gasteiger partial charge on any atom is -0.459 e. The fourth-order valence-corrected chi connectivity index (χ4v) is 3.65. The Bertz CT molecular complexity index is 264. The van der Waals surface area contributed by atoms with Crippen LogP contribution in [0.5, 0.6) is 0 Å². The van der Waals surface area contributed by atoms with Crippen LogP contribution in [0.2, 0.25) is 0 Å². The monoisotopic (exact) mass is 262 g/mol. The highest BCUT2D eigenvalue weighted by Gasteiger charge is 2.57. The maximum absolute atomic E-state index is 11.4. The summed E-state index contributed by atoms with van der Waals surface area (Å²) >= 11 is 3.53. The van der Waals surface area contributed by atoms with E-state index in [1.54, 1.807) is 6.92 Å². The molecule has 0 aromatic rings. The Hall–Kier alpha value is -0.0900. The molecule has 3 nitrogen and oxygen atoms in total. The largest absolute Gasteiger partial charge is 0.459 e. The molecule has 2 aliphatic rings. The average molecular weight is 263 g/mol. The van der Waals surface area contributed by atoms with E-state index in [4.69, 9.17) is 4.74 Å². The van der Waals surface area contributed by atoms with Crippen molar-refractivity contribution in [3.63, 3.8) is 0 Å². The predicted octanol–water partition coefficient (Wildman–Crippen LogP) is 1.47. The van der Waals surface area contributed by atoms with Gasteiger partial charge in [0, 0.05) is 5.92 Å². The van der Waals surface area contributed by atoms with Gasteiger partial charge in [0.15, 0.2) is 5.60 Å². The van der Waals surface area contributed by atoms with Gasteiger partial charge < -0.3 is 9.84 Å². The van der Waals surface area contributed by atoms with Crippen molar-refractivity contribution in [2.24, 2.45) is 11.8 Å². The molecule has 2 fully saturated rings. The van der Waals surface area contributed by atoms with Crippen LogP contribution >= 0.6 is 15.9 Å². The summed E-state index contributed by atoms with van der Waals surface area (Å²) in [7, 11) is 0. The van der Waals surface area contributed by atoms with Crippen LogP contribution in [0, 0.1) is 11.8 Å². The fourth-order valence-electron chi connectivity index (χ4n) is 2.53. The molecular weight excluding hydrogens is 248 g/mol. The normalized spacial score (nSPS) is 52.7. The zero-order valence-electron chi connectivity index (χ0n) is 8.37. The summed E-state index contributed by atoms with van der Waals surface area (Å²) < 4.78 is 5.21. The summed E-state index contributed by atoms with van der Waals surface area (Å²) in [6.07, 6.45) is 1.73. The number of hydrogen-bond donors (Lipinski definition) is 1. The van der Waals surface area contributed by atoms with Crippen LogP contribution in [-0.4, -0.2) is 27.6 Å². The van der Waals surface area contributed by atoms with Gasteiger partial charge in [-0.2, -0.15) is 0 Å². The van der Waals surface area contributed by atoms with Crippen LogP contribution in [0.15, 0.2) is 0 Å². The van der Waals surface area contributed by atoms with E-state index in [1.165, 1.54) is 0 Å². The van der Waals surface area contributed by atoms with Gasteiger partial charge in [0.05, 0.1) is 4.83 Å². The van der Waals surface area contributed by atoms with E-state index >= 15 is 0 Å². The van der Waals surface area contributed by atoms with Crippen molar-refractivity contribution in [1.29, 1.82) is 0 Å². The smallest absolute Gasteiger partial charge is 0.338 e. The van der Waals surface area contributed by atoms with Crippen molar-refractivity contribution in [2.45, 2.75) is 43.2 Å². The first-order valence-corrected chi connectivity index (χ1v) is 5.92. The molecule has 5 atom stereocenters. The quantitative estimate of drug-likeness (QED) is 0.532. The van der Waals surface area contributed by atoms with Crippen molar-refractivity contribution in [1.82, 2.24) is 0 Å². The van der Waals surface area contributed by atoms with Crippen LogP contribution in [0.25, 0.3) is 0 Å². The predicted molar refractivity (Wildman–Crippen MR) is 55.1 cm³/mol. The summed E-state index contributed by atoms with van der Waals surface area (Å²) in [4.78, 5) is 11.6. The number of alkyl halides is 1. The number of carbonyl (C=O) groups excluding carboxylic acids is 1. The lowest BCUT2D eigenvalue weighted by Gasteiger charge is -2.35. The lowest BCUT2D eigenvalue weighted by atomic mass is 9.74. The van der Waals surface area contributed by atoms with Crippen molar-refractivity contribution in [2.75, 3.05) is 0 Å². The molecule has 2 rings (SSSR count). The Labute approximate surface area is 91.9 Å². The Morgan fingerprint density at radius 2 is 2.21 bits per heavy atom. The van der Waals surface area contributed by atoms with Gasteiger partial charge in [-0.1, -0.05) is 22.9 Å². The molecule has 14 heavy (non-hydrogen) atoms. The molecule has 80 valence electrons. The molecule has 1 heterocycles.